The van der Waals surface area contributed by atoms with Crippen molar-refractivity contribution in [3.63, 3.8) is 0 Å². The van der Waals surface area contributed by atoms with Crippen LogP contribution in [0.15, 0.2) is 29.2 Å². The van der Waals surface area contributed by atoms with E-state index in [1.165, 1.54) is 11.0 Å². The van der Waals surface area contributed by atoms with E-state index >= 15 is 0 Å². The maximum atomic E-state index is 13.4. The van der Waals surface area contributed by atoms with Gasteiger partial charge in [0.15, 0.2) is 9.84 Å². The molecule has 1 atom stereocenters. The van der Waals surface area contributed by atoms with Crippen LogP contribution in [0, 0.1) is 5.92 Å². The van der Waals surface area contributed by atoms with Crippen molar-refractivity contribution in [1.29, 1.82) is 0 Å². The number of nitrogens with one attached hydrogen (secondary N) is 1. The van der Waals surface area contributed by atoms with Crippen LogP contribution in [0.3, 0.4) is 0 Å². The molecule has 0 bridgehead atoms. The Morgan fingerprint density at radius 2 is 1.94 bits per heavy atom. The Bertz CT molecular complexity index is 1320. The van der Waals surface area contributed by atoms with Crippen molar-refractivity contribution in [2.75, 3.05) is 18.6 Å². The number of aromatic nitrogens is 1. The second-order valence-electron chi connectivity index (χ2n) is 9.59. The van der Waals surface area contributed by atoms with Gasteiger partial charge in [-0.25, -0.2) is 17.2 Å². The highest BCUT2D eigenvalue weighted by Crippen LogP contribution is 2.49. The van der Waals surface area contributed by atoms with Crippen molar-refractivity contribution < 1.29 is 26.8 Å². The number of sulfone groups is 1. The van der Waals surface area contributed by atoms with Gasteiger partial charge in [0.25, 0.3) is 11.8 Å². The Hall–Kier alpha value is -2.88. The number of carbonyl (C=O) groups is 2. The van der Waals surface area contributed by atoms with Crippen LogP contribution in [-0.2, 0) is 27.6 Å². The van der Waals surface area contributed by atoms with Crippen molar-refractivity contribution in [2.45, 2.75) is 55.4 Å². The van der Waals surface area contributed by atoms with Crippen LogP contribution in [0.1, 0.15) is 58.9 Å². The van der Waals surface area contributed by atoms with E-state index in [1.54, 1.807) is 19.2 Å². The second-order valence-corrected chi connectivity index (χ2v) is 11.6. The van der Waals surface area contributed by atoms with Gasteiger partial charge in [-0.15, -0.1) is 0 Å². The molecule has 2 aliphatic carbocycles. The molecule has 180 valence electrons. The zero-order valence-electron chi connectivity index (χ0n) is 18.9. The predicted octanol–water partition coefficient (Wildman–Crippen LogP) is 3.85. The zero-order chi connectivity index (χ0) is 24.4. The lowest BCUT2D eigenvalue weighted by molar-refractivity contribution is -0.121. The van der Waals surface area contributed by atoms with Crippen molar-refractivity contribution in [3.05, 3.63) is 46.8 Å². The molecule has 1 aromatic carbocycles. The number of anilines is 2. The monoisotopic (exact) mass is 489 g/mol. The van der Waals surface area contributed by atoms with Crippen molar-refractivity contribution >= 4 is 32.9 Å². The smallest absolute Gasteiger partial charge is 0.258 e. The summed E-state index contributed by atoms with van der Waals surface area (Å²) in [6.45, 7) is 0.212. The van der Waals surface area contributed by atoms with E-state index in [0.717, 1.165) is 31.1 Å². The Kier molecular flexibility index (Phi) is 5.27. The number of Topliss-reactive ketones (excluding diaryl/α,β-unsaturated/α-hetero) is 1. The van der Waals surface area contributed by atoms with Crippen LogP contribution in [-0.4, -0.2) is 49.2 Å². The summed E-state index contributed by atoms with van der Waals surface area (Å²) in [4.78, 5) is 31.1. The summed E-state index contributed by atoms with van der Waals surface area (Å²) >= 11 is 0. The number of nitrogens with zero attached hydrogens (tertiary/aromatic N) is 2. The van der Waals surface area contributed by atoms with Gasteiger partial charge in [-0.3, -0.25) is 14.6 Å². The fourth-order valence-electron chi connectivity index (χ4n) is 4.64. The van der Waals surface area contributed by atoms with E-state index in [-0.39, 0.29) is 35.0 Å². The fraction of sp³-hybridized carbons (Fsp3) is 0.458. The van der Waals surface area contributed by atoms with Gasteiger partial charge >= 0.3 is 0 Å². The molecular formula is C24H25F2N3O4S. The van der Waals surface area contributed by atoms with Gasteiger partial charge in [-0.1, -0.05) is 12.5 Å². The standard InChI is InChI=1S/C24H25F2N3O4S/c1-29-12-19-22(23(29)31)18(9-15(27-19)10-20(30)16-11-24(16,25)26)28-17-7-6-14(13-4-3-5-13)8-21(17)34(2,32)33/h6-9,13,16H,3-5,10-12H2,1-2H3,(H,27,28)/t16-/m0/s1. The second kappa shape index (κ2) is 7.83. The minimum absolute atomic E-state index is 0.122. The maximum absolute atomic E-state index is 13.4. The number of fused-ring (bicyclic) bond motifs is 1. The van der Waals surface area contributed by atoms with E-state index in [0.29, 0.717) is 23.0 Å². The fourth-order valence-corrected chi connectivity index (χ4v) is 5.51. The van der Waals surface area contributed by atoms with Gasteiger partial charge in [0, 0.05) is 26.1 Å². The number of rotatable bonds is 7. The Morgan fingerprint density at radius 1 is 1.24 bits per heavy atom. The average molecular weight is 490 g/mol. The van der Waals surface area contributed by atoms with E-state index in [2.05, 4.69) is 10.3 Å². The van der Waals surface area contributed by atoms with Crippen LogP contribution in [0.2, 0.25) is 0 Å². The molecule has 2 fully saturated rings. The third kappa shape index (κ3) is 4.08. The number of ketones is 1. The molecular weight excluding hydrogens is 464 g/mol. The SMILES string of the molecule is CN1Cc2nc(CC(=O)[C@@H]3CC3(F)F)cc(Nc3ccc(C4CCC4)cc3S(C)(=O)=O)c2C1=O. The number of benzene rings is 1. The quantitative estimate of drug-likeness (QED) is 0.635. The number of alkyl halides is 2. The Labute approximate surface area is 196 Å². The number of carbonyl (C=O) groups excluding carboxylic acids is 2. The Morgan fingerprint density at radius 3 is 2.53 bits per heavy atom. The van der Waals surface area contributed by atoms with Gasteiger partial charge < -0.3 is 10.2 Å². The number of hydrogen-bond donors (Lipinski definition) is 1. The molecule has 0 radical (unpaired) electrons. The summed E-state index contributed by atoms with van der Waals surface area (Å²) in [5, 5.41) is 3.08. The normalized spacial score (nSPS) is 21.2. The average Bonchev–Trinajstić information content (AvgIpc) is 3.24. The molecule has 5 rings (SSSR count). The number of pyridine rings is 1. The number of amides is 1. The summed E-state index contributed by atoms with van der Waals surface area (Å²) in [6.07, 6.45) is 3.56. The molecule has 1 N–H and O–H groups in total. The molecule has 3 aliphatic rings. The van der Waals surface area contributed by atoms with Crippen LogP contribution in [0.25, 0.3) is 0 Å². The van der Waals surface area contributed by atoms with Crippen LogP contribution < -0.4 is 5.32 Å². The summed E-state index contributed by atoms with van der Waals surface area (Å²) in [5.74, 6) is -4.80. The zero-order valence-corrected chi connectivity index (χ0v) is 19.7. The van der Waals surface area contributed by atoms with E-state index < -0.39 is 33.9 Å². The van der Waals surface area contributed by atoms with Gasteiger partial charge in [0.05, 0.1) is 45.7 Å². The van der Waals surface area contributed by atoms with Gasteiger partial charge in [-0.05, 0) is 42.5 Å². The molecule has 2 aromatic rings. The van der Waals surface area contributed by atoms with Crippen LogP contribution >= 0.6 is 0 Å². The van der Waals surface area contributed by atoms with Crippen molar-refractivity contribution in [1.82, 2.24) is 9.88 Å². The minimum Gasteiger partial charge on any atom is -0.354 e. The number of hydrogen-bond acceptors (Lipinski definition) is 6. The van der Waals surface area contributed by atoms with Crippen molar-refractivity contribution in [3.8, 4) is 0 Å². The maximum Gasteiger partial charge on any atom is 0.258 e. The van der Waals surface area contributed by atoms with Gasteiger partial charge in [0.2, 0.25) is 0 Å². The van der Waals surface area contributed by atoms with Gasteiger partial charge in [0.1, 0.15) is 5.78 Å². The molecule has 0 spiro atoms. The highest BCUT2D eigenvalue weighted by Gasteiger charge is 2.60. The first-order valence-electron chi connectivity index (χ1n) is 11.2. The molecule has 1 amide bonds. The molecule has 34 heavy (non-hydrogen) atoms. The molecule has 7 nitrogen and oxygen atoms in total. The summed E-state index contributed by atoms with van der Waals surface area (Å²) in [5.41, 5.74) is 2.57. The molecule has 1 aliphatic heterocycles. The van der Waals surface area contributed by atoms with Gasteiger partial charge in [-0.2, -0.15) is 0 Å². The highest BCUT2D eigenvalue weighted by atomic mass is 32.2. The summed E-state index contributed by atoms with van der Waals surface area (Å²) < 4.78 is 51.9. The minimum atomic E-state index is -3.59. The van der Waals surface area contributed by atoms with Crippen LogP contribution in [0.4, 0.5) is 20.2 Å². The van der Waals surface area contributed by atoms with Crippen LogP contribution in [0.5, 0.6) is 0 Å². The molecule has 0 saturated heterocycles. The molecule has 2 heterocycles. The highest BCUT2D eigenvalue weighted by molar-refractivity contribution is 7.90. The Balaban J connectivity index is 1.52. The largest absolute Gasteiger partial charge is 0.354 e. The van der Waals surface area contributed by atoms with E-state index in [4.69, 9.17) is 0 Å². The number of halogens is 2. The van der Waals surface area contributed by atoms with Crippen molar-refractivity contribution in [2.24, 2.45) is 5.92 Å². The lowest BCUT2D eigenvalue weighted by Gasteiger charge is -2.26. The first-order valence-corrected chi connectivity index (χ1v) is 13.1. The first-order chi connectivity index (χ1) is 15.9. The first kappa shape index (κ1) is 22.9. The third-order valence-electron chi connectivity index (χ3n) is 6.92. The lowest BCUT2D eigenvalue weighted by atomic mass is 9.80. The predicted molar refractivity (Wildman–Crippen MR) is 121 cm³/mol. The topological polar surface area (TPSA) is 96.4 Å². The molecule has 2 saturated carbocycles. The molecule has 1 aromatic heterocycles. The molecule has 10 heteroatoms. The van der Waals surface area contributed by atoms with E-state index in [1.807, 2.05) is 6.07 Å². The lowest BCUT2D eigenvalue weighted by Crippen LogP contribution is -2.18. The summed E-state index contributed by atoms with van der Waals surface area (Å²) in [7, 11) is -1.98. The summed E-state index contributed by atoms with van der Waals surface area (Å²) in [6, 6.07) is 6.74. The third-order valence-corrected chi connectivity index (χ3v) is 8.05. The molecule has 0 unspecified atom stereocenters. The van der Waals surface area contributed by atoms with E-state index in [9.17, 15) is 26.8 Å².